The van der Waals surface area contributed by atoms with Crippen LogP contribution in [0.5, 0.6) is 0 Å². The molecule has 2 N–H and O–H groups in total. The van der Waals surface area contributed by atoms with Crippen molar-refractivity contribution in [1.29, 1.82) is 0 Å². The first kappa shape index (κ1) is 20.7. The number of sulfonamides is 1. The summed E-state index contributed by atoms with van der Waals surface area (Å²) < 4.78 is 39.6. The van der Waals surface area contributed by atoms with Crippen molar-refractivity contribution in [3.63, 3.8) is 0 Å². The molecule has 0 fully saturated rings. The number of carbonyl (C=O) groups is 1. The lowest BCUT2D eigenvalue weighted by atomic mass is 10.2. The Kier molecular flexibility index (Phi) is 6.47. The van der Waals surface area contributed by atoms with Gasteiger partial charge in [-0.1, -0.05) is 11.6 Å². The molecule has 11 heteroatoms. The average Bonchev–Trinajstić information content (AvgIpc) is 2.57. The molecule has 0 saturated heterocycles. The van der Waals surface area contributed by atoms with E-state index in [1.54, 1.807) is 6.92 Å². The SMILES string of the molecule is Cc1cc(F)ccc1NC(=O)CCNS(=O)(=O)c1ccc(Cl)c([N+](=O)[O-])c1. The number of nitro benzene ring substituents is 1. The summed E-state index contributed by atoms with van der Waals surface area (Å²) in [5.41, 5.74) is 0.402. The first-order valence-electron chi connectivity index (χ1n) is 7.60. The molecule has 0 aliphatic rings. The van der Waals surface area contributed by atoms with Crippen LogP contribution in [0.25, 0.3) is 0 Å². The van der Waals surface area contributed by atoms with Crippen molar-refractivity contribution in [2.45, 2.75) is 18.2 Å². The number of aryl methyl sites for hydroxylation is 1. The van der Waals surface area contributed by atoms with Crippen molar-refractivity contribution >= 4 is 38.9 Å². The minimum atomic E-state index is -4.06. The third-order valence-corrected chi connectivity index (χ3v) is 5.31. The number of amides is 1. The number of rotatable bonds is 7. The van der Waals surface area contributed by atoms with Gasteiger partial charge in [-0.2, -0.15) is 0 Å². The third kappa shape index (κ3) is 5.46. The van der Waals surface area contributed by atoms with Gasteiger partial charge in [0.1, 0.15) is 10.8 Å². The molecule has 0 radical (unpaired) electrons. The van der Waals surface area contributed by atoms with Gasteiger partial charge in [0.2, 0.25) is 15.9 Å². The Hall–Kier alpha value is -2.56. The highest BCUT2D eigenvalue weighted by Crippen LogP contribution is 2.27. The van der Waals surface area contributed by atoms with Gasteiger partial charge in [0.25, 0.3) is 5.69 Å². The van der Waals surface area contributed by atoms with Gasteiger partial charge in [0.15, 0.2) is 0 Å². The van der Waals surface area contributed by atoms with Crippen LogP contribution in [0.15, 0.2) is 41.3 Å². The minimum absolute atomic E-state index is 0.187. The summed E-state index contributed by atoms with van der Waals surface area (Å²) in [5.74, 6) is -0.912. The Morgan fingerprint density at radius 2 is 1.96 bits per heavy atom. The van der Waals surface area contributed by atoms with Gasteiger partial charge in [-0.3, -0.25) is 14.9 Å². The van der Waals surface area contributed by atoms with Crippen molar-refractivity contribution in [3.8, 4) is 0 Å². The lowest BCUT2D eigenvalue weighted by Crippen LogP contribution is -2.28. The summed E-state index contributed by atoms with van der Waals surface area (Å²) in [4.78, 5) is 21.6. The van der Waals surface area contributed by atoms with Crippen LogP contribution >= 0.6 is 11.6 Å². The standard InChI is InChI=1S/C16H15ClFN3O5S/c1-10-8-11(18)2-5-14(10)20-16(22)6-7-19-27(25,26)12-3-4-13(17)15(9-12)21(23)24/h2-5,8-9,19H,6-7H2,1H3,(H,20,22). The first-order valence-corrected chi connectivity index (χ1v) is 9.46. The fourth-order valence-corrected chi connectivity index (χ4v) is 3.40. The van der Waals surface area contributed by atoms with Gasteiger partial charge in [-0.25, -0.2) is 17.5 Å². The van der Waals surface area contributed by atoms with Gasteiger partial charge in [0.05, 0.1) is 9.82 Å². The molecule has 2 aromatic carbocycles. The summed E-state index contributed by atoms with van der Waals surface area (Å²) >= 11 is 5.65. The zero-order valence-electron chi connectivity index (χ0n) is 14.0. The second-order valence-electron chi connectivity index (χ2n) is 5.53. The Bertz CT molecular complexity index is 998. The molecule has 0 aromatic heterocycles. The van der Waals surface area contributed by atoms with Crippen LogP contribution in [0.2, 0.25) is 5.02 Å². The predicted octanol–water partition coefficient (Wildman–Crippen LogP) is 3.00. The topological polar surface area (TPSA) is 118 Å². The highest BCUT2D eigenvalue weighted by atomic mass is 35.5. The van der Waals surface area contributed by atoms with Crippen LogP contribution < -0.4 is 10.0 Å². The molecule has 0 spiro atoms. The van der Waals surface area contributed by atoms with Crippen LogP contribution in [-0.4, -0.2) is 25.8 Å². The van der Waals surface area contributed by atoms with Crippen LogP contribution in [0.1, 0.15) is 12.0 Å². The minimum Gasteiger partial charge on any atom is -0.326 e. The van der Waals surface area contributed by atoms with Gasteiger partial charge in [-0.15, -0.1) is 0 Å². The molecule has 0 aliphatic carbocycles. The second kappa shape index (κ2) is 8.42. The second-order valence-corrected chi connectivity index (χ2v) is 7.70. The van der Waals surface area contributed by atoms with Crippen molar-refractivity contribution in [1.82, 2.24) is 4.72 Å². The average molecular weight is 416 g/mol. The van der Waals surface area contributed by atoms with E-state index in [-0.39, 0.29) is 22.9 Å². The van der Waals surface area contributed by atoms with Crippen LogP contribution in [-0.2, 0) is 14.8 Å². The molecule has 27 heavy (non-hydrogen) atoms. The summed E-state index contributed by atoms with van der Waals surface area (Å²) in [6.45, 7) is 1.39. The first-order chi connectivity index (χ1) is 12.6. The summed E-state index contributed by atoms with van der Waals surface area (Å²) in [5, 5.41) is 13.2. The van der Waals surface area contributed by atoms with Crippen molar-refractivity contribution < 1.29 is 22.5 Å². The Morgan fingerprint density at radius 1 is 1.26 bits per heavy atom. The van der Waals surface area contributed by atoms with Crippen LogP contribution in [0, 0.1) is 22.9 Å². The molecule has 2 aromatic rings. The Morgan fingerprint density at radius 3 is 2.59 bits per heavy atom. The molecule has 2 rings (SSSR count). The lowest BCUT2D eigenvalue weighted by molar-refractivity contribution is -0.384. The highest BCUT2D eigenvalue weighted by Gasteiger charge is 2.20. The quantitative estimate of drug-likeness (QED) is 0.532. The number of anilines is 1. The van der Waals surface area contributed by atoms with E-state index in [2.05, 4.69) is 10.0 Å². The van der Waals surface area contributed by atoms with Gasteiger partial charge < -0.3 is 5.32 Å². The molecular formula is C16H15ClFN3O5S. The Balaban J connectivity index is 1.98. The maximum atomic E-state index is 13.0. The van der Waals surface area contributed by atoms with E-state index in [1.807, 2.05) is 0 Å². The maximum absolute atomic E-state index is 13.0. The largest absolute Gasteiger partial charge is 0.326 e. The summed E-state index contributed by atoms with van der Waals surface area (Å²) in [7, 11) is -4.06. The van der Waals surface area contributed by atoms with Gasteiger partial charge >= 0.3 is 0 Å². The fraction of sp³-hybridized carbons (Fsp3) is 0.188. The number of halogens is 2. The zero-order valence-corrected chi connectivity index (χ0v) is 15.6. The van der Waals surface area contributed by atoms with Gasteiger partial charge in [-0.05, 0) is 42.8 Å². The van der Waals surface area contributed by atoms with E-state index in [0.717, 1.165) is 18.2 Å². The van der Waals surface area contributed by atoms with E-state index >= 15 is 0 Å². The van der Waals surface area contributed by atoms with Crippen LogP contribution in [0.3, 0.4) is 0 Å². The molecule has 0 unspecified atom stereocenters. The van der Waals surface area contributed by atoms with Gasteiger partial charge in [0, 0.05) is 24.7 Å². The molecule has 0 aliphatic heterocycles. The van der Waals surface area contributed by atoms with E-state index in [0.29, 0.717) is 11.3 Å². The van der Waals surface area contributed by atoms with Crippen molar-refractivity contribution in [3.05, 3.63) is 62.9 Å². The Labute approximate surface area is 159 Å². The van der Waals surface area contributed by atoms with E-state index in [1.165, 1.54) is 18.2 Å². The molecule has 0 bridgehead atoms. The maximum Gasteiger partial charge on any atom is 0.289 e. The normalized spacial score (nSPS) is 11.2. The molecular weight excluding hydrogens is 401 g/mol. The number of nitro groups is 1. The predicted molar refractivity (Wildman–Crippen MR) is 97.7 cm³/mol. The highest BCUT2D eigenvalue weighted by molar-refractivity contribution is 7.89. The summed E-state index contributed by atoms with van der Waals surface area (Å²) in [6, 6.07) is 6.93. The molecule has 144 valence electrons. The summed E-state index contributed by atoms with van der Waals surface area (Å²) in [6.07, 6.45) is -0.189. The number of benzene rings is 2. The van der Waals surface area contributed by atoms with E-state index in [4.69, 9.17) is 11.6 Å². The molecule has 0 atom stereocenters. The smallest absolute Gasteiger partial charge is 0.289 e. The van der Waals surface area contributed by atoms with E-state index in [9.17, 15) is 27.7 Å². The van der Waals surface area contributed by atoms with Crippen molar-refractivity contribution in [2.75, 3.05) is 11.9 Å². The monoisotopic (exact) mass is 415 g/mol. The molecule has 1 amide bonds. The fourth-order valence-electron chi connectivity index (χ4n) is 2.16. The molecule has 8 nitrogen and oxygen atoms in total. The third-order valence-electron chi connectivity index (χ3n) is 3.53. The number of carbonyl (C=O) groups excluding carboxylic acids is 1. The molecule has 0 heterocycles. The lowest BCUT2D eigenvalue weighted by Gasteiger charge is -2.09. The number of nitrogens with one attached hydrogen (secondary N) is 2. The van der Waals surface area contributed by atoms with Crippen LogP contribution in [0.4, 0.5) is 15.8 Å². The zero-order chi connectivity index (χ0) is 20.2. The number of nitrogens with zero attached hydrogens (tertiary/aromatic N) is 1. The van der Waals surface area contributed by atoms with Crippen molar-refractivity contribution in [2.24, 2.45) is 0 Å². The number of hydrogen-bond donors (Lipinski definition) is 2. The number of hydrogen-bond acceptors (Lipinski definition) is 5. The van der Waals surface area contributed by atoms with E-state index < -0.39 is 32.4 Å². The molecule has 0 saturated carbocycles.